The third-order valence-corrected chi connectivity index (χ3v) is 6.87. The van der Waals surface area contributed by atoms with Crippen LogP contribution in [0.25, 0.3) is 21.5 Å². The maximum absolute atomic E-state index is 2.67. The molecule has 0 radical (unpaired) electrons. The van der Waals surface area contributed by atoms with Gasteiger partial charge in [-0.1, -0.05) is 85.8 Å². The summed E-state index contributed by atoms with van der Waals surface area (Å²) in [5.41, 5.74) is 2.83. The Morgan fingerprint density at radius 2 is 1.58 bits per heavy atom. The normalized spacial score (nSPS) is 17.2. The van der Waals surface area contributed by atoms with Crippen molar-refractivity contribution in [3.05, 3.63) is 96.1 Å². The molecule has 1 atom stereocenters. The van der Waals surface area contributed by atoms with Gasteiger partial charge in [-0.25, -0.2) is 0 Å². The van der Waals surface area contributed by atoms with Crippen LogP contribution in [-0.4, -0.2) is 35.5 Å². The molecule has 0 unspecified atom stereocenters. The van der Waals surface area contributed by atoms with E-state index in [1.54, 1.807) is 0 Å². The molecule has 0 bridgehead atoms. The monoisotopic (exact) mass is 408 g/mol. The van der Waals surface area contributed by atoms with Crippen molar-refractivity contribution in [2.75, 3.05) is 19.6 Å². The molecule has 1 aliphatic heterocycles. The van der Waals surface area contributed by atoms with Crippen LogP contribution in [0.5, 0.6) is 0 Å². The minimum atomic E-state index is 0.667. The molecular formula is C29H32N2. The Bertz CT molecular complexity index is 1160. The molecular weight excluding hydrogens is 376 g/mol. The number of fused-ring (bicyclic) bond motifs is 2. The molecule has 4 aromatic carbocycles. The molecule has 0 amide bonds. The highest BCUT2D eigenvalue weighted by Crippen LogP contribution is 2.24. The van der Waals surface area contributed by atoms with Gasteiger partial charge in [0.2, 0.25) is 0 Å². The van der Waals surface area contributed by atoms with E-state index in [4.69, 9.17) is 0 Å². The van der Waals surface area contributed by atoms with Gasteiger partial charge in [-0.2, -0.15) is 0 Å². The third-order valence-electron chi connectivity index (χ3n) is 6.87. The van der Waals surface area contributed by atoms with Gasteiger partial charge in [0.15, 0.2) is 0 Å². The largest absolute Gasteiger partial charge is 0.299 e. The minimum Gasteiger partial charge on any atom is -0.299 e. The predicted octanol–water partition coefficient (Wildman–Crippen LogP) is 6.48. The molecule has 158 valence electrons. The summed E-state index contributed by atoms with van der Waals surface area (Å²) in [6.07, 6.45) is 2.65. The summed E-state index contributed by atoms with van der Waals surface area (Å²) in [6.45, 7) is 7.81. The van der Waals surface area contributed by atoms with E-state index in [-0.39, 0.29) is 0 Å². The van der Waals surface area contributed by atoms with E-state index in [0.29, 0.717) is 6.04 Å². The van der Waals surface area contributed by atoms with Crippen LogP contribution in [0.2, 0.25) is 0 Å². The van der Waals surface area contributed by atoms with Crippen molar-refractivity contribution in [1.29, 1.82) is 0 Å². The zero-order chi connectivity index (χ0) is 21.0. The van der Waals surface area contributed by atoms with Crippen LogP contribution in [0.3, 0.4) is 0 Å². The maximum Gasteiger partial charge on any atom is 0.0244 e. The molecule has 0 spiro atoms. The molecule has 5 rings (SSSR count). The topological polar surface area (TPSA) is 6.48 Å². The van der Waals surface area contributed by atoms with E-state index < -0.39 is 0 Å². The summed E-state index contributed by atoms with van der Waals surface area (Å²) in [7, 11) is 0. The first-order valence-corrected chi connectivity index (χ1v) is 11.7. The van der Waals surface area contributed by atoms with Gasteiger partial charge >= 0.3 is 0 Å². The zero-order valence-corrected chi connectivity index (χ0v) is 18.5. The van der Waals surface area contributed by atoms with Gasteiger partial charge in [0, 0.05) is 25.7 Å². The number of nitrogens with zero attached hydrogens (tertiary/aromatic N) is 2. The van der Waals surface area contributed by atoms with Crippen LogP contribution in [0, 0.1) is 0 Å². The number of likely N-dealkylation sites (N-methyl/N-ethyl adjacent to an activating group) is 1. The summed E-state index contributed by atoms with van der Waals surface area (Å²) < 4.78 is 0. The molecule has 2 nitrogen and oxygen atoms in total. The first-order chi connectivity index (χ1) is 15.3. The summed E-state index contributed by atoms with van der Waals surface area (Å²) in [6, 6.07) is 31.8. The molecule has 1 saturated heterocycles. The lowest BCUT2D eigenvalue weighted by Crippen LogP contribution is -2.39. The Hall–Kier alpha value is -2.68. The smallest absolute Gasteiger partial charge is 0.0244 e. The van der Waals surface area contributed by atoms with E-state index in [2.05, 4.69) is 102 Å². The van der Waals surface area contributed by atoms with Crippen molar-refractivity contribution in [2.45, 2.75) is 38.9 Å². The van der Waals surface area contributed by atoms with Crippen LogP contribution < -0.4 is 0 Å². The minimum absolute atomic E-state index is 0.667. The Kier molecular flexibility index (Phi) is 6.01. The van der Waals surface area contributed by atoms with Crippen molar-refractivity contribution in [1.82, 2.24) is 9.80 Å². The molecule has 2 heteroatoms. The molecule has 0 aromatic heterocycles. The summed E-state index contributed by atoms with van der Waals surface area (Å²) >= 11 is 0. The maximum atomic E-state index is 2.67. The van der Waals surface area contributed by atoms with Crippen molar-refractivity contribution in [2.24, 2.45) is 0 Å². The van der Waals surface area contributed by atoms with Gasteiger partial charge in [0.25, 0.3) is 0 Å². The molecule has 31 heavy (non-hydrogen) atoms. The Morgan fingerprint density at radius 1 is 0.806 bits per heavy atom. The summed E-state index contributed by atoms with van der Waals surface area (Å²) in [4.78, 5) is 5.33. The first-order valence-electron chi connectivity index (χ1n) is 11.7. The fourth-order valence-electron chi connectivity index (χ4n) is 5.27. The lowest BCUT2D eigenvalue weighted by molar-refractivity contribution is 0.166. The summed E-state index contributed by atoms with van der Waals surface area (Å²) in [5.74, 6) is 0. The van der Waals surface area contributed by atoms with Gasteiger partial charge in [0.05, 0.1) is 0 Å². The van der Waals surface area contributed by atoms with Gasteiger partial charge in [-0.3, -0.25) is 9.80 Å². The highest BCUT2D eigenvalue weighted by molar-refractivity contribution is 5.85. The SMILES string of the molecule is CCN1CCC[C@H]1CN(Cc1ccc2ccccc2c1)Cc1cccc2ccccc12. The quantitative estimate of drug-likeness (QED) is 0.345. The summed E-state index contributed by atoms with van der Waals surface area (Å²) in [5, 5.41) is 5.37. The number of hydrogen-bond acceptors (Lipinski definition) is 2. The molecule has 1 fully saturated rings. The fourth-order valence-corrected chi connectivity index (χ4v) is 5.27. The van der Waals surface area contributed by atoms with Crippen molar-refractivity contribution < 1.29 is 0 Å². The third kappa shape index (κ3) is 4.51. The van der Waals surface area contributed by atoms with E-state index in [1.807, 2.05) is 0 Å². The van der Waals surface area contributed by atoms with Crippen molar-refractivity contribution in [3.8, 4) is 0 Å². The second-order valence-corrected chi connectivity index (χ2v) is 8.91. The number of likely N-dealkylation sites (tertiary alicyclic amines) is 1. The Morgan fingerprint density at radius 3 is 2.45 bits per heavy atom. The molecule has 0 saturated carbocycles. The van der Waals surface area contributed by atoms with Crippen molar-refractivity contribution in [3.63, 3.8) is 0 Å². The van der Waals surface area contributed by atoms with Crippen molar-refractivity contribution >= 4 is 21.5 Å². The second kappa shape index (κ2) is 9.21. The lowest BCUT2D eigenvalue weighted by atomic mass is 10.0. The fraction of sp³-hybridized carbons (Fsp3) is 0.310. The number of benzene rings is 4. The van der Waals surface area contributed by atoms with Gasteiger partial charge < -0.3 is 0 Å². The van der Waals surface area contributed by atoms with Gasteiger partial charge in [-0.15, -0.1) is 0 Å². The average molecular weight is 409 g/mol. The van der Waals surface area contributed by atoms with E-state index in [1.165, 1.54) is 52.1 Å². The highest BCUT2D eigenvalue weighted by atomic mass is 15.2. The van der Waals surface area contributed by atoms with Gasteiger partial charge in [0.1, 0.15) is 0 Å². The van der Waals surface area contributed by atoms with E-state index in [9.17, 15) is 0 Å². The molecule has 0 N–H and O–H groups in total. The standard InChI is InChI=1S/C29H32N2/c1-2-31-18-8-14-28(31)22-30(20-23-16-17-24-9-3-4-11-26(24)19-23)21-27-13-7-12-25-10-5-6-15-29(25)27/h3-7,9-13,15-17,19,28H,2,8,14,18,20-22H2,1H3/t28-/m0/s1. The van der Waals surface area contributed by atoms with E-state index in [0.717, 1.165) is 26.2 Å². The number of hydrogen-bond donors (Lipinski definition) is 0. The zero-order valence-electron chi connectivity index (χ0n) is 18.5. The predicted molar refractivity (Wildman–Crippen MR) is 132 cm³/mol. The molecule has 1 aliphatic rings. The van der Waals surface area contributed by atoms with Crippen LogP contribution in [0.15, 0.2) is 84.9 Å². The Labute approximate surface area is 186 Å². The van der Waals surface area contributed by atoms with Crippen LogP contribution >= 0.6 is 0 Å². The second-order valence-electron chi connectivity index (χ2n) is 8.91. The van der Waals surface area contributed by atoms with Crippen LogP contribution in [0.1, 0.15) is 30.9 Å². The Balaban J connectivity index is 1.44. The van der Waals surface area contributed by atoms with Crippen LogP contribution in [-0.2, 0) is 13.1 Å². The van der Waals surface area contributed by atoms with E-state index >= 15 is 0 Å². The van der Waals surface area contributed by atoms with Crippen LogP contribution in [0.4, 0.5) is 0 Å². The molecule has 1 heterocycles. The molecule has 4 aromatic rings. The molecule has 0 aliphatic carbocycles. The lowest BCUT2D eigenvalue weighted by Gasteiger charge is -2.31. The van der Waals surface area contributed by atoms with Gasteiger partial charge in [-0.05, 0) is 64.7 Å². The average Bonchev–Trinajstić information content (AvgIpc) is 3.26. The first kappa shape index (κ1) is 20.2. The number of rotatable bonds is 7. The highest BCUT2D eigenvalue weighted by Gasteiger charge is 2.25.